The Morgan fingerprint density at radius 1 is 1.12 bits per heavy atom. The zero-order chi connectivity index (χ0) is 17.1. The topological polar surface area (TPSA) is 36.4 Å². The van der Waals surface area contributed by atoms with E-state index in [4.69, 9.17) is 0 Å². The first kappa shape index (κ1) is 17.1. The number of rotatable bonds is 5. The summed E-state index contributed by atoms with van der Waals surface area (Å²) in [5.41, 5.74) is 1.59. The average molecular weight is 404 g/mol. The molecule has 3 rings (SSSR count). The van der Waals surface area contributed by atoms with Gasteiger partial charge in [-0.15, -0.1) is 0 Å². The van der Waals surface area contributed by atoms with Gasteiger partial charge < -0.3 is 4.90 Å². The second-order valence-corrected chi connectivity index (χ2v) is 7.66. The molecule has 0 aliphatic carbocycles. The van der Waals surface area contributed by atoms with Crippen LogP contribution in [-0.4, -0.2) is 43.0 Å². The molecule has 0 fully saturated rings. The number of anilines is 1. The summed E-state index contributed by atoms with van der Waals surface area (Å²) in [5, 5.41) is 0.735. The molecule has 6 heteroatoms. The number of halogens is 1. The lowest BCUT2D eigenvalue weighted by molar-refractivity contribution is 0.0985. The fourth-order valence-electron chi connectivity index (χ4n) is 2.32. The number of thiazole rings is 1. The molecular formula is C18H18BrN3OS. The standard InChI is InChI=1S/C18H18BrN3OS/c1-21(2)10-11-22(17(23)13-6-4-3-5-7-13)18-20-15-9-8-14(19)12-16(15)24-18/h3-9,12H,10-11H2,1-2H3. The van der Waals surface area contributed by atoms with E-state index in [2.05, 4.69) is 25.8 Å². The summed E-state index contributed by atoms with van der Waals surface area (Å²) in [7, 11) is 4.00. The van der Waals surface area contributed by atoms with E-state index in [0.29, 0.717) is 12.1 Å². The van der Waals surface area contributed by atoms with Gasteiger partial charge in [0.2, 0.25) is 0 Å². The molecule has 3 aromatic rings. The van der Waals surface area contributed by atoms with Crippen molar-refractivity contribution in [2.75, 3.05) is 32.1 Å². The molecule has 0 atom stereocenters. The molecule has 4 nitrogen and oxygen atoms in total. The normalized spacial score (nSPS) is 11.2. The molecule has 1 heterocycles. The van der Waals surface area contributed by atoms with Crippen LogP contribution in [-0.2, 0) is 0 Å². The Balaban J connectivity index is 1.97. The van der Waals surface area contributed by atoms with E-state index in [9.17, 15) is 4.79 Å². The van der Waals surface area contributed by atoms with Gasteiger partial charge in [0.15, 0.2) is 5.13 Å². The Labute approximate surface area is 153 Å². The molecule has 1 aromatic heterocycles. The minimum absolute atomic E-state index is 0.0180. The van der Waals surface area contributed by atoms with Crippen LogP contribution >= 0.6 is 27.3 Å². The van der Waals surface area contributed by atoms with E-state index in [-0.39, 0.29) is 5.91 Å². The van der Waals surface area contributed by atoms with Crippen molar-refractivity contribution >= 4 is 48.5 Å². The van der Waals surface area contributed by atoms with Gasteiger partial charge in [-0.05, 0) is 44.4 Å². The number of hydrogen-bond donors (Lipinski definition) is 0. The van der Waals surface area contributed by atoms with E-state index in [0.717, 1.165) is 26.4 Å². The van der Waals surface area contributed by atoms with Gasteiger partial charge in [0, 0.05) is 23.1 Å². The lowest BCUT2D eigenvalue weighted by Crippen LogP contribution is -2.36. The number of aromatic nitrogens is 1. The number of amides is 1. The zero-order valence-corrected chi connectivity index (χ0v) is 16.0. The first-order valence-corrected chi connectivity index (χ1v) is 9.23. The number of likely N-dealkylation sites (N-methyl/N-ethyl adjacent to an activating group) is 1. The fourth-order valence-corrected chi connectivity index (χ4v) is 3.86. The summed E-state index contributed by atoms with van der Waals surface area (Å²) in [6, 6.07) is 15.3. The van der Waals surface area contributed by atoms with Gasteiger partial charge in [-0.1, -0.05) is 45.5 Å². The van der Waals surface area contributed by atoms with Gasteiger partial charge in [0.25, 0.3) is 5.91 Å². The maximum absolute atomic E-state index is 13.0. The molecule has 0 radical (unpaired) electrons. The second-order valence-electron chi connectivity index (χ2n) is 5.73. The highest BCUT2D eigenvalue weighted by Gasteiger charge is 2.21. The van der Waals surface area contributed by atoms with Crippen molar-refractivity contribution in [2.45, 2.75) is 0 Å². The number of hydrogen-bond acceptors (Lipinski definition) is 4. The van der Waals surface area contributed by atoms with Gasteiger partial charge in [0.05, 0.1) is 10.2 Å². The van der Waals surface area contributed by atoms with E-state index in [1.54, 1.807) is 4.90 Å². The predicted octanol–water partition coefficient (Wildman–Crippen LogP) is 4.27. The Hall–Kier alpha value is -1.76. The van der Waals surface area contributed by atoms with Crippen molar-refractivity contribution in [3.63, 3.8) is 0 Å². The molecule has 24 heavy (non-hydrogen) atoms. The van der Waals surface area contributed by atoms with Crippen molar-refractivity contribution in [2.24, 2.45) is 0 Å². The largest absolute Gasteiger partial charge is 0.308 e. The monoisotopic (exact) mass is 403 g/mol. The Kier molecular flexibility index (Phi) is 5.28. The van der Waals surface area contributed by atoms with Crippen LogP contribution in [0.5, 0.6) is 0 Å². The minimum Gasteiger partial charge on any atom is -0.308 e. The molecule has 124 valence electrons. The van der Waals surface area contributed by atoms with E-state index >= 15 is 0 Å². The van der Waals surface area contributed by atoms with Gasteiger partial charge >= 0.3 is 0 Å². The van der Waals surface area contributed by atoms with E-state index in [1.807, 2.05) is 62.6 Å². The van der Waals surface area contributed by atoms with Crippen LogP contribution in [0.15, 0.2) is 53.0 Å². The highest BCUT2D eigenvalue weighted by molar-refractivity contribution is 9.10. The van der Waals surface area contributed by atoms with Crippen molar-refractivity contribution in [3.05, 3.63) is 58.6 Å². The second kappa shape index (κ2) is 7.42. The first-order valence-electron chi connectivity index (χ1n) is 7.62. The molecule has 0 N–H and O–H groups in total. The summed E-state index contributed by atoms with van der Waals surface area (Å²) in [6.07, 6.45) is 0. The molecule has 0 saturated heterocycles. The number of nitrogens with zero attached hydrogens (tertiary/aromatic N) is 3. The molecule has 1 amide bonds. The van der Waals surface area contributed by atoms with Crippen molar-refractivity contribution in [1.29, 1.82) is 0 Å². The molecule has 0 spiro atoms. The summed E-state index contributed by atoms with van der Waals surface area (Å²) in [5.74, 6) is -0.0180. The Morgan fingerprint density at radius 2 is 1.88 bits per heavy atom. The van der Waals surface area contributed by atoms with E-state index in [1.165, 1.54) is 11.3 Å². The van der Waals surface area contributed by atoms with E-state index < -0.39 is 0 Å². The minimum atomic E-state index is -0.0180. The van der Waals surface area contributed by atoms with Crippen LogP contribution < -0.4 is 4.90 Å². The SMILES string of the molecule is CN(C)CCN(C(=O)c1ccccc1)c1nc2ccc(Br)cc2s1. The van der Waals surface area contributed by atoms with Crippen LogP contribution in [0.2, 0.25) is 0 Å². The lowest BCUT2D eigenvalue weighted by Gasteiger charge is -2.22. The number of carbonyl (C=O) groups excluding carboxylic acids is 1. The van der Waals surface area contributed by atoms with Crippen LogP contribution in [0.3, 0.4) is 0 Å². The summed E-state index contributed by atoms with van der Waals surface area (Å²) in [6.45, 7) is 1.37. The quantitative estimate of drug-likeness (QED) is 0.638. The number of carbonyl (C=O) groups is 1. The molecular weight excluding hydrogens is 386 g/mol. The van der Waals surface area contributed by atoms with Crippen LogP contribution in [0, 0.1) is 0 Å². The number of fused-ring (bicyclic) bond motifs is 1. The molecule has 2 aromatic carbocycles. The fraction of sp³-hybridized carbons (Fsp3) is 0.222. The first-order chi connectivity index (χ1) is 11.5. The lowest BCUT2D eigenvalue weighted by atomic mass is 10.2. The highest BCUT2D eigenvalue weighted by atomic mass is 79.9. The predicted molar refractivity (Wildman–Crippen MR) is 104 cm³/mol. The van der Waals surface area contributed by atoms with Crippen LogP contribution in [0.4, 0.5) is 5.13 Å². The highest BCUT2D eigenvalue weighted by Crippen LogP contribution is 2.31. The smallest absolute Gasteiger partial charge is 0.260 e. The van der Waals surface area contributed by atoms with Crippen molar-refractivity contribution in [1.82, 2.24) is 9.88 Å². The third-order valence-corrected chi connectivity index (χ3v) is 5.14. The van der Waals surface area contributed by atoms with Crippen LogP contribution in [0.25, 0.3) is 10.2 Å². The average Bonchev–Trinajstić information content (AvgIpc) is 2.98. The molecule has 0 aliphatic rings. The molecule has 0 saturated carbocycles. The van der Waals surface area contributed by atoms with Gasteiger partial charge in [0.1, 0.15) is 0 Å². The van der Waals surface area contributed by atoms with Crippen molar-refractivity contribution in [3.8, 4) is 0 Å². The summed E-state index contributed by atoms with van der Waals surface area (Å²) >= 11 is 5.03. The molecule has 0 bridgehead atoms. The van der Waals surface area contributed by atoms with Gasteiger partial charge in [-0.25, -0.2) is 4.98 Å². The van der Waals surface area contributed by atoms with Gasteiger partial charge in [-0.2, -0.15) is 0 Å². The maximum Gasteiger partial charge on any atom is 0.260 e. The summed E-state index contributed by atoms with van der Waals surface area (Å²) < 4.78 is 2.08. The third-order valence-electron chi connectivity index (χ3n) is 3.61. The summed E-state index contributed by atoms with van der Waals surface area (Å²) in [4.78, 5) is 21.5. The third kappa shape index (κ3) is 3.83. The zero-order valence-electron chi connectivity index (χ0n) is 13.6. The van der Waals surface area contributed by atoms with Gasteiger partial charge in [-0.3, -0.25) is 9.69 Å². The Bertz CT molecular complexity index is 848. The number of benzene rings is 2. The molecule has 0 unspecified atom stereocenters. The molecule has 0 aliphatic heterocycles. The Morgan fingerprint density at radius 3 is 2.58 bits per heavy atom. The van der Waals surface area contributed by atoms with Crippen LogP contribution in [0.1, 0.15) is 10.4 Å². The maximum atomic E-state index is 13.0. The van der Waals surface area contributed by atoms with Crippen molar-refractivity contribution < 1.29 is 4.79 Å².